The number of carbonyl (C=O) groups is 1. The van der Waals surface area contributed by atoms with Crippen LogP contribution in [0.5, 0.6) is 0 Å². The van der Waals surface area contributed by atoms with Gasteiger partial charge in [-0.1, -0.05) is 0 Å². The van der Waals surface area contributed by atoms with Crippen molar-refractivity contribution in [2.24, 2.45) is 0 Å². The zero-order valence-corrected chi connectivity index (χ0v) is 12.6. The highest BCUT2D eigenvalue weighted by Crippen LogP contribution is 2.23. The molecule has 0 spiro atoms. The van der Waals surface area contributed by atoms with Crippen LogP contribution in [-0.4, -0.2) is 36.4 Å². The SMILES string of the molecule is CCOC(=O)c1cc(N(CC)CC(C)(C)O)ccc1N. The number of esters is 1. The lowest BCUT2D eigenvalue weighted by Gasteiger charge is -2.30. The van der Waals surface area contributed by atoms with Crippen molar-refractivity contribution < 1.29 is 14.6 Å². The predicted molar refractivity (Wildman–Crippen MR) is 81.0 cm³/mol. The van der Waals surface area contributed by atoms with Gasteiger partial charge in [0.1, 0.15) is 0 Å². The summed E-state index contributed by atoms with van der Waals surface area (Å²) >= 11 is 0. The molecule has 0 bridgehead atoms. The van der Waals surface area contributed by atoms with Crippen molar-refractivity contribution in [3.63, 3.8) is 0 Å². The van der Waals surface area contributed by atoms with E-state index < -0.39 is 11.6 Å². The molecule has 0 saturated carbocycles. The van der Waals surface area contributed by atoms with Crippen LogP contribution in [0.25, 0.3) is 0 Å². The number of ether oxygens (including phenoxy) is 1. The first-order valence-corrected chi connectivity index (χ1v) is 6.82. The van der Waals surface area contributed by atoms with E-state index in [0.717, 1.165) is 12.2 Å². The maximum Gasteiger partial charge on any atom is 0.340 e. The van der Waals surface area contributed by atoms with E-state index in [2.05, 4.69) is 0 Å². The Balaban J connectivity index is 3.06. The summed E-state index contributed by atoms with van der Waals surface area (Å²) in [5.74, 6) is -0.425. The number of hydrogen-bond donors (Lipinski definition) is 2. The number of likely N-dealkylation sites (N-methyl/N-ethyl adjacent to an activating group) is 1. The zero-order chi connectivity index (χ0) is 15.3. The molecule has 5 heteroatoms. The average molecular weight is 280 g/mol. The van der Waals surface area contributed by atoms with Crippen molar-refractivity contribution in [2.45, 2.75) is 33.3 Å². The molecule has 0 aliphatic rings. The minimum atomic E-state index is -0.818. The number of nitrogens with two attached hydrogens (primary N) is 1. The number of nitrogen functional groups attached to an aromatic ring is 1. The minimum Gasteiger partial charge on any atom is -0.462 e. The fourth-order valence-corrected chi connectivity index (χ4v) is 1.98. The van der Waals surface area contributed by atoms with Gasteiger partial charge in [-0.25, -0.2) is 4.79 Å². The van der Waals surface area contributed by atoms with Gasteiger partial charge < -0.3 is 20.5 Å². The third-order valence-corrected chi connectivity index (χ3v) is 2.86. The van der Waals surface area contributed by atoms with Crippen LogP contribution in [0.15, 0.2) is 18.2 Å². The Morgan fingerprint density at radius 2 is 2.05 bits per heavy atom. The standard InChI is InChI=1S/C15H24N2O3/c1-5-17(10-15(3,4)19)11-7-8-13(16)12(9-11)14(18)20-6-2/h7-9,19H,5-6,10,16H2,1-4H3. The van der Waals surface area contributed by atoms with Gasteiger partial charge in [0.15, 0.2) is 0 Å². The summed E-state index contributed by atoms with van der Waals surface area (Å²) < 4.78 is 4.99. The summed E-state index contributed by atoms with van der Waals surface area (Å²) in [5, 5.41) is 9.94. The van der Waals surface area contributed by atoms with Gasteiger partial charge in [0, 0.05) is 24.5 Å². The van der Waals surface area contributed by atoms with Crippen LogP contribution in [0.3, 0.4) is 0 Å². The van der Waals surface area contributed by atoms with Crippen molar-refractivity contribution >= 4 is 17.3 Å². The van der Waals surface area contributed by atoms with Crippen LogP contribution in [0.2, 0.25) is 0 Å². The highest BCUT2D eigenvalue weighted by molar-refractivity contribution is 5.96. The minimum absolute atomic E-state index is 0.309. The first-order chi connectivity index (χ1) is 9.28. The second kappa shape index (κ2) is 6.61. The van der Waals surface area contributed by atoms with Crippen LogP contribution in [0.4, 0.5) is 11.4 Å². The van der Waals surface area contributed by atoms with Crippen molar-refractivity contribution in [1.29, 1.82) is 0 Å². The predicted octanol–water partition coefficient (Wildman–Crippen LogP) is 2.04. The number of rotatable bonds is 6. The number of carbonyl (C=O) groups excluding carboxylic acids is 1. The molecule has 0 fully saturated rings. The molecule has 1 aromatic carbocycles. The van der Waals surface area contributed by atoms with Gasteiger partial charge >= 0.3 is 5.97 Å². The molecule has 112 valence electrons. The van der Waals surface area contributed by atoms with E-state index in [1.54, 1.807) is 32.9 Å². The Hall–Kier alpha value is -1.75. The largest absolute Gasteiger partial charge is 0.462 e. The van der Waals surface area contributed by atoms with Gasteiger partial charge in [-0.3, -0.25) is 0 Å². The maximum absolute atomic E-state index is 11.8. The Morgan fingerprint density at radius 3 is 2.55 bits per heavy atom. The second-order valence-electron chi connectivity index (χ2n) is 5.32. The van der Waals surface area contributed by atoms with Gasteiger partial charge in [-0.05, 0) is 45.9 Å². The highest BCUT2D eigenvalue weighted by atomic mass is 16.5. The first kappa shape index (κ1) is 16.3. The molecule has 0 saturated heterocycles. The number of aliphatic hydroxyl groups is 1. The monoisotopic (exact) mass is 280 g/mol. The van der Waals surface area contributed by atoms with E-state index in [4.69, 9.17) is 10.5 Å². The van der Waals surface area contributed by atoms with E-state index in [-0.39, 0.29) is 0 Å². The summed E-state index contributed by atoms with van der Waals surface area (Å²) in [6, 6.07) is 5.24. The number of benzene rings is 1. The van der Waals surface area contributed by atoms with Crippen LogP contribution in [0.1, 0.15) is 38.1 Å². The van der Waals surface area contributed by atoms with Gasteiger partial charge in [0.2, 0.25) is 0 Å². The van der Waals surface area contributed by atoms with Crippen LogP contribution >= 0.6 is 0 Å². The third kappa shape index (κ3) is 4.42. The Bertz CT molecular complexity index is 467. The molecule has 0 amide bonds. The summed E-state index contributed by atoms with van der Waals surface area (Å²) in [6.45, 7) is 8.74. The lowest BCUT2D eigenvalue weighted by atomic mass is 10.1. The molecule has 3 N–H and O–H groups in total. The molecule has 0 unspecified atom stereocenters. The zero-order valence-electron chi connectivity index (χ0n) is 12.6. The molecular weight excluding hydrogens is 256 g/mol. The van der Waals surface area contributed by atoms with Gasteiger partial charge in [-0.15, -0.1) is 0 Å². The van der Waals surface area contributed by atoms with E-state index in [0.29, 0.717) is 24.4 Å². The van der Waals surface area contributed by atoms with E-state index >= 15 is 0 Å². The van der Waals surface area contributed by atoms with Gasteiger partial charge in [-0.2, -0.15) is 0 Å². The normalized spacial score (nSPS) is 11.2. The van der Waals surface area contributed by atoms with Crippen molar-refractivity contribution in [1.82, 2.24) is 0 Å². The number of anilines is 2. The average Bonchev–Trinajstić information content (AvgIpc) is 2.36. The maximum atomic E-state index is 11.8. The lowest BCUT2D eigenvalue weighted by molar-refractivity contribution is 0.0527. The topological polar surface area (TPSA) is 75.8 Å². The molecule has 0 atom stereocenters. The molecule has 1 rings (SSSR count). The molecule has 5 nitrogen and oxygen atoms in total. The molecule has 0 aromatic heterocycles. The fourth-order valence-electron chi connectivity index (χ4n) is 1.98. The molecule has 0 heterocycles. The van der Waals surface area contributed by atoms with Crippen molar-refractivity contribution in [2.75, 3.05) is 30.3 Å². The lowest BCUT2D eigenvalue weighted by Crippen LogP contribution is -2.38. The summed E-state index contributed by atoms with van der Waals surface area (Å²) in [7, 11) is 0. The quantitative estimate of drug-likeness (QED) is 0.616. The van der Waals surface area contributed by atoms with E-state index in [1.165, 1.54) is 0 Å². The summed E-state index contributed by atoms with van der Waals surface area (Å²) in [5.41, 5.74) is 6.60. The Morgan fingerprint density at radius 1 is 1.40 bits per heavy atom. The number of nitrogens with zero attached hydrogens (tertiary/aromatic N) is 1. The van der Waals surface area contributed by atoms with Crippen LogP contribution in [-0.2, 0) is 4.74 Å². The Kier molecular flexibility index (Phi) is 5.39. The molecule has 0 radical (unpaired) electrons. The molecule has 0 aliphatic carbocycles. The second-order valence-corrected chi connectivity index (χ2v) is 5.32. The smallest absolute Gasteiger partial charge is 0.340 e. The summed E-state index contributed by atoms with van der Waals surface area (Å²) in [6.07, 6.45) is 0. The molecule has 0 aliphatic heterocycles. The van der Waals surface area contributed by atoms with E-state index in [9.17, 15) is 9.90 Å². The van der Waals surface area contributed by atoms with Gasteiger partial charge in [0.05, 0.1) is 17.8 Å². The van der Waals surface area contributed by atoms with E-state index in [1.807, 2.05) is 17.9 Å². The van der Waals surface area contributed by atoms with Crippen LogP contribution < -0.4 is 10.6 Å². The van der Waals surface area contributed by atoms with Gasteiger partial charge in [0.25, 0.3) is 0 Å². The molecule has 20 heavy (non-hydrogen) atoms. The van der Waals surface area contributed by atoms with Crippen LogP contribution in [0, 0.1) is 0 Å². The van der Waals surface area contributed by atoms with Crippen molar-refractivity contribution in [3.05, 3.63) is 23.8 Å². The number of hydrogen-bond acceptors (Lipinski definition) is 5. The Labute approximate surface area is 120 Å². The third-order valence-electron chi connectivity index (χ3n) is 2.86. The summed E-state index contributed by atoms with van der Waals surface area (Å²) in [4.78, 5) is 13.8. The first-order valence-electron chi connectivity index (χ1n) is 6.82. The fraction of sp³-hybridized carbons (Fsp3) is 0.533. The molecule has 1 aromatic rings. The molecular formula is C15H24N2O3. The van der Waals surface area contributed by atoms with Crippen molar-refractivity contribution in [3.8, 4) is 0 Å². The highest BCUT2D eigenvalue weighted by Gasteiger charge is 2.19.